The largest absolute Gasteiger partial charge is 0.466 e. The third-order valence-corrected chi connectivity index (χ3v) is 4.61. The van der Waals surface area contributed by atoms with Crippen LogP contribution in [0.15, 0.2) is 34.9 Å². The number of benzene rings is 1. The number of amides is 1. The van der Waals surface area contributed by atoms with Gasteiger partial charge < -0.3 is 9.26 Å². The Morgan fingerprint density at radius 3 is 2.85 bits per heavy atom. The highest BCUT2D eigenvalue weighted by Crippen LogP contribution is 2.22. The third kappa shape index (κ3) is 5.17. The first-order valence-corrected chi connectivity index (χ1v) is 9.27. The lowest BCUT2D eigenvalue weighted by molar-refractivity contribution is -0.150. The summed E-state index contributed by atoms with van der Waals surface area (Å²) in [6, 6.07) is 9.63. The van der Waals surface area contributed by atoms with E-state index in [0.717, 1.165) is 24.9 Å². The first-order valence-electron chi connectivity index (χ1n) is 9.27. The second-order valence-corrected chi connectivity index (χ2v) is 6.82. The van der Waals surface area contributed by atoms with Gasteiger partial charge in [-0.05, 0) is 33.2 Å². The van der Waals surface area contributed by atoms with Crippen molar-refractivity contribution in [3.8, 4) is 11.3 Å². The number of aromatic nitrogens is 1. The van der Waals surface area contributed by atoms with Gasteiger partial charge in [-0.1, -0.05) is 35.0 Å². The van der Waals surface area contributed by atoms with E-state index in [1.54, 1.807) is 13.0 Å². The normalized spacial score (nSPS) is 17.5. The summed E-state index contributed by atoms with van der Waals surface area (Å²) in [5, 5.41) is 6.74. The monoisotopic (exact) mass is 371 g/mol. The molecule has 0 unspecified atom stereocenters. The van der Waals surface area contributed by atoms with Crippen molar-refractivity contribution in [1.29, 1.82) is 0 Å². The van der Waals surface area contributed by atoms with Gasteiger partial charge in [0.15, 0.2) is 0 Å². The number of piperidine rings is 1. The van der Waals surface area contributed by atoms with Crippen molar-refractivity contribution in [3.05, 3.63) is 35.9 Å². The predicted octanol–water partition coefficient (Wildman–Crippen LogP) is 2.86. The van der Waals surface area contributed by atoms with Crippen LogP contribution in [0.5, 0.6) is 0 Å². The van der Waals surface area contributed by atoms with Crippen molar-refractivity contribution >= 4 is 17.8 Å². The number of nitrogens with one attached hydrogen (secondary N) is 1. The number of hydrogen-bond donors (Lipinski definition) is 1. The van der Waals surface area contributed by atoms with E-state index in [1.165, 1.54) is 5.56 Å². The number of hydrogen-bond acceptors (Lipinski definition) is 6. The van der Waals surface area contributed by atoms with E-state index >= 15 is 0 Å². The molecule has 1 N–H and O–H groups in total. The molecule has 0 bridgehead atoms. The van der Waals surface area contributed by atoms with Crippen LogP contribution < -0.4 is 5.32 Å². The minimum atomic E-state index is -0.189. The predicted molar refractivity (Wildman–Crippen MR) is 101 cm³/mol. The number of esters is 1. The fraction of sp³-hybridized carbons (Fsp3) is 0.450. The fourth-order valence-electron chi connectivity index (χ4n) is 3.23. The number of nitrogens with zero attached hydrogens (tertiary/aromatic N) is 2. The maximum Gasteiger partial charge on any atom is 0.310 e. The molecular weight excluding hydrogens is 346 g/mol. The molecule has 2 heterocycles. The molecule has 1 saturated heterocycles. The second kappa shape index (κ2) is 8.81. The number of carbonyl (C=O) groups excluding carboxylic acids is 2. The van der Waals surface area contributed by atoms with E-state index in [4.69, 9.17) is 9.26 Å². The lowest BCUT2D eigenvalue weighted by Gasteiger charge is -2.30. The topological polar surface area (TPSA) is 84.7 Å². The van der Waals surface area contributed by atoms with Gasteiger partial charge in [0.1, 0.15) is 5.69 Å². The number of aryl methyl sites for hydroxylation is 1. The van der Waals surface area contributed by atoms with Crippen molar-refractivity contribution in [2.24, 2.45) is 5.92 Å². The van der Waals surface area contributed by atoms with Crippen molar-refractivity contribution < 1.29 is 18.8 Å². The van der Waals surface area contributed by atoms with Gasteiger partial charge in [0.05, 0.1) is 19.1 Å². The Kier molecular flexibility index (Phi) is 6.24. The molecule has 1 aliphatic heterocycles. The third-order valence-electron chi connectivity index (χ3n) is 4.61. The number of anilines is 1. The van der Waals surface area contributed by atoms with Gasteiger partial charge in [0.25, 0.3) is 0 Å². The Morgan fingerprint density at radius 2 is 2.11 bits per heavy atom. The van der Waals surface area contributed by atoms with Gasteiger partial charge >= 0.3 is 5.97 Å². The molecule has 1 aliphatic rings. The molecular formula is C20H25N3O4. The van der Waals surface area contributed by atoms with Gasteiger partial charge in [0.2, 0.25) is 11.8 Å². The highest BCUT2D eigenvalue weighted by Gasteiger charge is 2.27. The quantitative estimate of drug-likeness (QED) is 0.786. The Balaban J connectivity index is 1.53. The summed E-state index contributed by atoms with van der Waals surface area (Å²) in [6.07, 6.45) is 1.68. The molecule has 1 fully saturated rings. The SMILES string of the molecule is CCOC(=O)[C@H]1CCCN(CC(=O)Nc2cc(-c3ccc(C)cc3)no2)C1. The minimum absolute atomic E-state index is 0.162. The molecule has 1 aromatic carbocycles. The summed E-state index contributed by atoms with van der Waals surface area (Å²) in [5.41, 5.74) is 2.77. The van der Waals surface area contributed by atoms with E-state index in [9.17, 15) is 9.59 Å². The van der Waals surface area contributed by atoms with Crippen molar-refractivity contribution in [2.45, 2.75) is 26.7 Å². The molecule has 144 valence electrons. The molecule has 3 rings (SSSR count). The number of rotatable bonds is 6. The summed E-state index contributed by atoms with van der Waals surface area (Å²) in [5.74, 6) is -0.217. The maximum atomic E-state index is 12.3. The first kappa shape index (κ1) is 19.1. The standard InChI is InChI=1S/C20H25N3O4/c1-3-26-20(25)16-5-4-10-23(12-16)13-18(24)21-19-11-17(22-27-19)15-8-6-14(2)7-9-15/h6-9,11,16H,3-5,10,12-13H2,1-2H3,(H,21,24)/t16-/m0/s1. The van der Waals surface area contributed by atoms with Crippen LogP contribution >= 0.6 is 0 Å². The van der Waals surface area contributed by atoms with Crippen molar-refractivity contribution in [3.63, 3.8) is 0 Å². The van der Waals surface area contributed by atoms with Gasteiger partial charge in [-0.25, -0.2) is 0 Å². The molecule has 7 heteroatoms. The Bertz CT molecular complexity index is 785. The number of carbonyl (C=O) groups is 2. The molecule has 2 aromatic rings. The summed E-state index contributed by atoms with van der Waals surface area (Å²) in [7, 11) is 0. The zero-order valence-electron chi connectivity index (χ0n) is 15.7. The lowest BCUT2D eigenvalue weighted by Crippen LogP contribution is -2.43. The van der Waals surface area contributed by atoms with Crippen LogP contribution in [0.4, 0.5) is 5.88 Å². The fourth-order valence-corrected chi connectivity index (χ4v) is 3.23. The summed E-state index contributed by atoms with van der Waals surface area (Å²) >= 11 is 0. The highest BCUT2D eigenvalue weighted by atomic mass is 16.5. The van der Waals surface area contributed by atoms with Crippen LogP contribution in [0.1, 0.15) is 25.3 Å². The van der Waals surface area contributed by atoms with Crippen LogP contribution in [-0.2, 0) is 14.3 Å². The van der Waals surface area contributed by atoms with Gasteiger partial charge in [-0.2, -0.15) is 0 Å². The van der Waals surface area contributed by atoms with Crippen LogP contribution in [0.25, 0.3) is 11.3 Å². The van der Waals surface area contributed by atoms with E-state index in [0.29, 0.717) is 24.7 Å². The van der Waals surface area contributed by atoms with E-state index in [1.807, 2.05) is 36.1 Å². The molecule has 0 radical (unpaired) electrons. The van der Waals surface area contributed by atoms with Crippen molar-refractivity contribution in [2.75, 3.05) is 31.6 Å². The van der Waals surface area contributed by atoms with E-state index < -0.39 is 0 Å². The summed E-state index contributed by atoms with van der Waals surface area (Å²) in [6.45, 7) is 5.73. The van der Waals surface area contributed by atoms with Gasteiger partial charge in [0, 0.05) is 18.2 Å². The lowest BCUT2D eigenvalue weighted by atomic mass is 9.98. The average Bonchev–Trinajstić information content (AvgIpc) is 3.11. The van der Waals surface area contributed by atoms with Crippen LogP contribution in [0.3, 0.4) is 0 Å². The number of likely N-dealkylation sites (tertiary alicyclic amines) is 1. The smallest absolute Gasteiger partial charge is 0.310 e. The second-order valence-electron chi connectivity index (χ2n) is 6.82. The average molecular weight is 371 g/mol. The Hall–Kier alpha value is -2.67. The molecule has 0 spiro atoms. The van der Waals surface area contributed by atoms with E-state index in [2.05, 4.69) is 10.5 Å². The van der Waals surface area contributed by atoms with Gasteiger partial charge in [-0.15, -0.1) is 0 Å². The van der Waals surface area contributed by atoms with Crippen LogP contribution in [0.2, 0.25) is 0 Å². The molecule has 1 aromatic heterocycles. The maximum absolute atomic E-state index is 12.3. The van der Waals surface area contributed by atoms with Crippen LogP contribution in [0, 0.1) is 12.8 Å². The zero-order chi connectivity index (χ0) is 19.2. The molecule has 1 atom stereocenters. The van der Waals surface area contributed by atoms with E-state index in [-0.39, 0.29) is 24.3 Å². The molecule has 27 heavy (non-hydrogen) atoms. The minimum Gasteiger partial charge on any atom is -0.466 e. The summed E-state index contributed by atoms with van der Waals surface area (Å²) < 4.78 is 10.3. The summed E-state index contributed by atoms with van der Waals surface area (Å²) in [4.78, 5) is 26.2. The number of ether oxygens (including phenoxy) is 1. The van der Waals surface area contributed by atoms with Crippen molar-refractivity contribution in [1.82, 2.24) is 10.1 Å². The molecule has 1 amide bonds. The molecule has 7 nitrogen and oxygen atoms in total. The molecule has 0 aliphatic carbocycles. The van der Waals surface area contributed by atoms with Gasteiger partial charge in [-0.3, -0.25) is 19.8 Å². The zero-order valence-corrected chi connectivity index (χ0v) is 15.7. The Labute approximate surface area is 158 Å². The van der Waals surface area contributed by atoms with Crippen LogP contribution in [-0.4, -0.2) is 48.2 Å². The Morgan fingerprint density at radius 1 is 1.33 bits per heavy atom. The molecule has 0 saturated carbocycles. The first-order chi connectivity index (χ1) is 13.0. The highest BCUT2D eigenvalue weighted by molar-refractivity contribution is 5.91.